The van der Waals surface area contributed by atoms with Gasteiger partial charge in [-0.3, -0.25) is 4.90 Å². The molecule has 2 aromatic carbocycles. The summed E-state index contributed by atoms with van der Waals surface area (Å²) in [4.78, 5) is 14.6. The minimum Gasteiger partial charge on any atom is -0.493 e. The summed E-state index contributed by atoms with van der Waals surface area (Å²) in [7, 11) is 0.948. The van der Waals surface area contributed by atoms with Crippen molar-refractivity contribution in [2.24, 2.45) is 0 Å². The zero-order valence-electron chi connectivity index (χ0n) is 17.6. The molecule has 2 aromatic rings. The second-order valence-corrected chi connectivity index (χ2v) is 8.98. The SMILES string of the molecule is CNS(=O)(=O)c1ccc2c(c1)N(C(=O)NCCc1ccc(OC)c(OC)c1)C(C)C2. The van der Waals surface area contributed by atoms with E-state index in [4.69, 9.17) is 9.47 Å². The van der Waals surface area contributed by atoms with Crippen LogP contribution >= 0.6 is 0 Å². The Morgan fingerprint density at radius 1 is 1.13 bits per heavy atom. The first-order valence-corrected chi connectivity index (χ1v) is 11.1. The maximum Gasteiger partial charge on any atom is 0.322 e. The number of carbonyl (C=O) groups is 1. The van der Waals surface area contributed by atoms with Gasteiger partial charge >= 0.3 is 6.03 Å². The number of fused-ring (bicyclic) bond motifs is 1. The lowest BCUT2D eigenvalue weighted by molar-refractivity contribution is 0.245. The van der Waals surface area contributed by atoms with Crippen LogP contribution in [0.1, 0.15) is 18.1 Å². The highest BCUT2D eigenvalue weighted by molar-refractivity contribution is 7.89. The number of amides is 2. The second-order valence-electron chi connectivity index (χ2n) is 7.09. The molecule has 1 aliphatic rings. The van der Waals surface area contributed by atoms with E-state index in [2.05, 4.69) is 10.0 Å². The fourth-order valence-electron chi connectivity index (χ4n) is 3.62. The number of hydrogen-bond acceptors (Lipinski definition) is 5. The summed E-state index contributed by atoms with van der Waals surface area (Å²) >= 11 is 0. The molecule has 2 N–H and O–H groups in total. The quantitative estimate of drug-likeness (QED) is 0.699. The van der Waals surface area contributed by atoms with E-state index < -0.39 is 10.0 Å². The van der Waals surface area contributed by atoms with E-state index in [-0.39, 0.29) is 17.0 Å². The predicted molar refractivity (Wildman–Crippen MR) is 115 cm³/mol. The molecule has 3 rings (SSSR count). The van der Waals surface area contributed by atoms with Gasteiger partial charge in [0.2, 0.25) is 10.0 Å². The van der Waals surface area contributed by atoms with Gasteiger partial charge in [-0.25, -0.2) is 17.9 Å². The van der Waals surface area contributed by atoms with E-state index in [0.717, 1.165) is 11.1 Å². The molecule has 0 aromatic heterocycles. The minimum atomic E-state index is -3.58. The molecule has 9 heteroatoms. The van der Waals surface area contributed by atoms with Gasteiger partial charge in [0.05, 0.1) is 24.8 Å². The number of benzene rings is 2. The molecule has 0 radical (unpaired) electrons. The average molecular weight is 434 g/mol. The van der Waals surface area contributed by atoms with Crippen LogP contribution in [0.5, 0.6) is 11.5 Å². The number of rotatable bonds is 7. The molecule has 1 unspecified atom stereocenters. The molecular formula is C21H27N3O5S. The van der Waals surface area contributed by atoms with Crippen LogP contribution in [-0.4, -0.2) is 48.3 Å². The molecular weight excluding hydrogens is 406 g/mol. The van der Waals surface area contributed by atoms with Crippen LogP contribution in [0.4, 0.5) is 10.5 Å². The lowest BCUT2D eigenvalue weighted by Crippen LogP contribution is -2.44. The predicted octanol–water partition coefficient (Wildman–Crippen LogP) is 2.32. The zero-order chi connectivity index (χ0) is 21.9. The Bertz CT molecular complexity index is 1040. The lowest BCUT2D eigenvalue weighted by atomic mass is 10.1. The molecule has 1 aliphatic heterocycles. The normalized spacial score (nSPS) is 15.6. The Balaban J connectivity index is 1.70. The van der Waals surface area contributed by atoms with E-state index in [9.17, 15) is 13.2 Å². The van der Waals surface area contributed by atoms with Crippen molar-refractivity contribution in [1.82, 2.24) is 10.0 Å². The van der Waals surface area contributed by atoms with Crippen molar-refractivity contribution < 1.29 is 22.7 Å². The van der Waals surface area contributed by atoms with Crippen LogP contribution in [0.25, 0.3) is 0 Å². The first kappa shape index (κ1) is 21.9. The monoisotopic (exact) mass is 433 g/mol. The number of ether oxygens (including phenoxy) is 2. The molecule has 0 bridgehead atoms. The number of carbonyl (C=O) groups excluding carboxylic acids is 1. The molecule has 30 heavy (non-hydrogen) atoms. The van der Waals surface area contributed by atoms with Crippen molar-refractivity contribution in [3.63, 3.8) is 0 Å². The Morgan fingerprint density at radius 3 is 2.53 bits per heavy atom. The summed E-state index contributed by atoms with van der Waals surface area (Å²) in [5.41, 5.74) is 2.58. The van der Waals surface area contributed by atoms with E-state index in [1.165, 1.54) is 7.05 Å². The maximum absolute atomic E-state index is 12.9. The molecule has 0 saturated carbocycles. The Hall–Kier alpha value is -2.78. The van der Waals surface area contributed by atoms with Gasteiger partial charge in [0.1, 0.15) is 0 Å². The van der Waals surface area contributed by atoms with E-state index in [1.54, 1.807) is 37.3 Å². The number of hydrogen-bond donors (Lipinski definition) is 2. The van der Waals surface area contributed by atoms with E-state index >= 15 is 0 Å². The smallest absolute Gasteiger partial charge is 0.322 e. The first-order chi connectivity index (χ1) is 14.3. The zero-order valence-corrected chi connectivity index (χ0v) is 18.4. The Morgan fingerprint density at radius 2 is 1.87 bits per heavy atom. The topological polar surface area (TPSA) is 97.0 Å². The largest absolute Gasteiger partial charge is 0.493 e. The molecule has 8 nitrogen and oxygen atoms in total. The second kappa shape index (κ2) is 8.93. The third-order valence-electron chi connectivity index (χ3n) is 5.21. The molecule has 162 valence electrons. The lowest BCUT2D eigenvalue weighted by Gasteiger charge is -2.23. The highest BCUT2D eigenvalue weighted by atomic mass is 32.2. The number of anilines is 1. The third-order valence-corrected chi connectivity index (χ3v) is 6.62. The van der Waals surface area contributed by atoms with E-state index in [1.807, 2.05) is 25.1 Å². The van der Waals surface area contributed by atoms with Crippen LogP contribution < -0.4 is 24.4 Å². The number of methoxy groups -OCH3 is 2. The van der Waals surface area contributed by atoms with Gasteiger partial charge in [-0.15, -0.1) is 0 Å². The Labute approximate surface area is 177 Å². The maximum atomic E-state index is 12.9. The molecule has 0 spiro atoms. The molecule has 1 heterocycles. The van der Waals surface area contributed by atoms with Gasteiger partial charge in [0.15, 0.2) is 11.5 Å². The molecule has 0 aliphatic carbocycles. The van der Waals surface area contributed by atoms with Crippen molar-refractivity contribution in [2.45, 2.75) is 30.7 Å². The van der Waals surface area contributed by atoms with Crippen LogP contribution in [-0.2, 0) is 22.9 Å². The van der Waals surface area contributed by atoms with Gasteiger partial charge in [0.25, 0.3) is 0 Å². The standard InChI is InChI=1S/C21H27N3O5S/c1-14-11-16-6-7-17(30(26,27)22-2)13-18(16)24(14)21(25)23-10-9-15-5-8-19(28-3)20(12-15)29-4/h5-8,12-14,22H,9-11H2,1-4H3,(H,23,25). The number of urea groups is 1. The third kappa shape index (κ3) is 4.36. The van der Waals surface area contributed by atoms with E-state index in [0.29, 0.717) is 36.6 Å². The summed E-state index contributed by atoms with van der Waals surface area (Å²) in [6.45, 7) is 2.38. The van der Waals surface area contributed by atoms with Gasteiger partial charge in [-0.1, -0.05) is 12.1 Å². The van der Waals surface area contributed by atoms with Crippen molar-refractivity contribution in [2.75, 3.05) is 32.7 Å². The van der Waals surface area contributed by atoms with Crippen molar-refractivity contribution in [1.29, 1.82) is 0 Å². The summed E-state index contributed by atoms with van der Waals surface area (Å²) in [6, 6.07) is 10.2. The van der Waals surface area contributed by atoms with Crippen LogP contribution in [0, 0.1) is 0 Å². The number of nitrogens with one attached hydrogen (secondary N) is 2. The molecule has 1 atom stereocenters. The Kier molecular flexibility index (Phi) is 6.52. The number of nitrogens with zero attached hydrogens (tertiary/aromatic N) is 1. The van der Waals surface area contributed by atoms with Gasteiger partial charge in [-0.2, -0.15) is 0 Å². The highest BCUT2D eigenvalue weighted by Gasteiger charge is 2.32. The molecule has 0 saturated heterocycles. The van der Waals surface area contributed by atoms with Gasteiger partial charge < -0.3 is 14.8 Å². The summed E-state index contributed by atoms with van der Waals surface area (Å²) in [5.74, 6) is 1.29. The van der Waals surface area contributed by atoms with Crippen LogP contribution in [0.2, 0.25) is 0 Å². The van der Waals surface area contributed by atoms with Crippen molar-refractivity contribution in [3.05, 3.63) is 47.5 Å². The minimum absolute atomic E-state index is 0.0615. The number of sulfonamides is 1. The molecule has 0 fully saturated rings. The first-order valence-electron chi connectivity index (χ1n) is 9.65. The van der Waals surface area contributed by atoms with Crippen molar-refractivity contribution in [3.8, 4) is 11.5 Å². The molecule has 2 amide bonds. The fraction of sp³-hybridized carbons (Fsp3) is 0.381. The highest BCUT2D eigenvalue weighted by Crippen LogP contribution is 2.34. The summed E-state index contributed by atoms with van der Waals surface area (Å²) < 4.78 is 37.1. The van der Waals surface area contributed by atoms with Crippen molar-refractivity contribution >= 4 is 21.7 Å². The average Bonchev–Trinajstić information content (AvgIpc) is 3.08. The fourth-order valence-corrected chi connectivity index (χ4v) is 4.37. The van der Waals surface area contributed by atoms with Crippen LogP contribution in [0.15, 0.2) is 41.3 Å². The van der Waals surface area contributed by atoms with Gasteiger partial charge in [-0.05, 0) is 62.2 Å². The van der Waals surface area contributed by atoms with Crippen LogP contribution in [0.3, 0.4) is 0 Å². The summed E-state index contributed by atoms with van der Waals surface area (Å²) in [6.07, 6.45) is 1.30. The summed E-state index contributed by atoms with van der Waals surface area (Å²) in [5, 5.41) is 2.93. The van der Waals surface area contributed by atoms with Gasteiger partial charge in [0, 0.05) is 12.6 Å².